The molecule has 2 heterocycles. The van der Waals surface area contributed by atoms with E-state index in [0.717, 1.165) is 14.8 Å². The number of ketones is 1. The summed E-state index contributed by atoms with van der Waals surface area (Å²) in [5.74, 6) is 1.21. The Morgan fingerprint density at radius 1 is 1.18 bits per heavy atom. The van der Waals surface area contributed by atoms with Crippen LogP contribution in [0.2, 0.25) is 0 Å². The summed E-state index contributed by atoms with van der Waals surface area (Å²) in [7, 11) is 0. The van der Waals surface area contributed by atoms with Crippen LogP contribution in [0.5, 0.6) is 11.6 Å². The van der Waals surface area contributed by atoms with Crippen molar-refractivity contribution in [2.24, 2.45) is 0 Å². The first-order valence-corrected chi connectivity index (χ1v) is 7.67. The SMILES string of the molecule is CC(=O)c1[nH]nc(-c2ccc(Oc3ccccn3)cc2)c1I. The van der Waals surface area contributed by atoms with Crippen LogP contribution in [0.1, 0.15) is 17.4 Å². The van der Waals surface area contributed by atoms with Gasteiger partial charge in [0.15, 0.2) is 5.78 Å². The zero-order chi connectivity index (χ0) is 15.5. The number of aromatic amines is 1. The molecule has 5 nitrogen and oxygen atoms in total. The van der Waals surface area contributed by atoms with Crippen molar-refractivity contribution in [2.75, 3.05) is 0 Å². The molecule has 1 aromatic carbocycles. The predicted octanol–water partition coefficient (Wildman–Crippen LogP) is 4.07. The minimum absolute atomic E-state index is 0.0294. The number of hydrogen-bond acceptors (Lipinski definition) is 4. The highest BCUT2D eigenvalue weighted by atomic mass is 127. The Morgan fingerprint density at radius 2 is 1.95 bits per heavy atom. The molecule has 3 aromatic rings. The molecule has 0 saturated heterocycles. The second-order valence-corrected chi connectivity index (χ2v) is 5.69. The maximum Gasteiger partial charge on any atom is 0.219 e. The molecule has 0 bridgehead atoms. The Hall–Kier alpha value is -2.22. The molecule has 0 radical (unpaired) electrons. The van der Waals surface area contributed by atoms with Crippen LogP contribution >= 0.6 is 22.6 Å². The van der Waals surface area contributed by atoms with Crippen LogP contribution in [0.3, 0.4) is 0 Å². The Labute approximate surface area is 140 Å². The number of nitrogens with zero attached hydrogens (tertiary/aromatic N) is 2. The zero-order valence-electron chi connectivity index (χ0n) is 11.7. The lowest BCUT2D eigenvalue weighted by Gasteiger charge is -2.05. The first kappa shape index (κ1) is 14.7. The van der Waals surface area contributed by atoms with Crippen molar-refractivity contribution in [2.45, 2.75) is 6.92 Å². The smallest absolute Gasteiger partial charge is 0.219 e. The molecule has 0 spiro atoms. The summed E-state index contributed by atoms with van der Waals surface area (Å²) in [6.07, 6.45) is 1.68. The number of carbonyl (C=O) groups is 1. The Kier molecular flexibility index (Phi) is 4.19. The van der Waals surface area contributed by atoms with Crippen LogP contribution in [0.15, 0.2) is 48.7 Å². The van der Waals surface area contributed by atoms with E-state index in [4.69, 9.17) is 4.74 Å². The van der Waals surface area contributed by atoms with Crippen LogP contribution in [-0.4, -0.2) is 21.0 Å². The standard InChI is InChI=1S/C16H12IN3O2/c1-10(21)15-14(17)16(20-19-15)11-5-7-12(8-6-11)22-13-4-2-3-9-18-13/h2-9H,1H3,(H,19,20). The molecule has 2 aromatic heterocycles. The lowest BCUT2D eigenvalue weighted by molar-refractivity contribution is 0.101. The number of halogens is 1. The summed E-state index contributed by atoms with van der Waals surface area (Å²) >= 11 is 2.13. The fraction of sp³-hybridized carbons (Fsp3) is 0.0625. The van der Waals surface area contributed by atoms with Crippen LogP contribution < -0.4 is 4.74 Å². The van der Waals surface area contributed by atoms with Crippen molar-refractivity contribution in [3.63, 3.8) is 0 Å². The summed E-state index contributed by atoms with van der Waals surface area (Å²) in [5, 5.41) is 6.99. The van der Waals surface area contributed by atoms with E-state index < -0.39 is 0 Å². The number of pyridine rings is 1. The topological polar surface area (TPSA) is 67.9 Å². The fourth-order valence-corrected chi connectivity index (χ4v) is 2.89. The molecule has 0 aliphatic heterocycles. The maximum atomic E-state index is 11.5. The molecule has 3 rings (SSSR count). The monoisotopic (exact) mass is 405 g/mol. The number of H-pyrrole nitrogens is 1. The molecule has 0 fully saturated rings. The van der Waals surface area contributed by atoms with E-state index in [2.05, 4.69) is 37.8 Å². The molecule has 0 saturated carbocycles. The number of ether oxygens (including phenoxy) is 1. The molecular weight excluding hydrogens is 393 g/mol. The quantitative estimate of drug-likeness (QED) is 0.525. The van der Waals surface area contributed by atoms with Gasteiger partial charge < -0.3 is 4.74 Å². The molecule has 6 heteroatoms. The van der Waals surface area contributed by atoms with E-state index in [-0.39, 0.29) is 5.78 Å². The van der Waals surface area contributed by atoms with Gasteiger partial charge in [0.1, 0.15) is 17.1 Å². The van der Waals surface area contributed by atoms with E-state index in [1.54, 1.807) is 12.3 Å². The van der Waals surface area contributed by atoms with Crippen molar-refractivity contribution in [1.82, 2.24) is 15.2 Å². The molecule has 22 heavy (non-hydrogen) atoms. The minimum atomic E-state index is -0.0294. The first-order chi connectivity index (χ1) is 10.6. The third-order valence-corrected chi connectivity index (χ3v) is 4.10. The summed E-state index contributed by atoms with van der Waals surface area (Å²) < 4.78 is 6.47. The molecule has 0 aliphatic carbocycles. The molecule has 0 aliphatic rings. The highest BCUT2D eigenvalue weighted by molar-refractivity contribution is 14.1. The molecule has 110 valence electrons. The summed E-state index contributed by atoms with van der Waals surface area (Å²) in [4.78, 5) is 15.6. The minimum Gasteiger partial charge on any atom is -0.439 e. The van der Waals surface area contributed by atoms with Gasteiger partial charge in [-0.25, -0.2) is 4.98 Å². The van der Waals surface area contributed by atoms with Gasteiger partial charge in [0, 0.05) is 24.8 Å². The van der Waals surface area contributed by atoms with Gasteiger partial charge in [0.05, 0.1) is 3.57 Å². The number of benzene rings is 1. The molecule has 1 N–H and O–H groups in total. The van der Waals surface area contributed by atoms with Gasteiger partial charge in [-0.15, -0.1) is 0 Å². The fourth-order valence-electron chi connectivity index (χ4n) is 1.96. The van der Waals surface area contributed by atoms with E-state index >= 15 is 0 Å². The third-order valence-electron chi connectivity index (χ3n) is 3.05. The van der Waals surface area contributed by atoms with E-state index in [9.17, 15) is 4.79 Å². The lowest BCUT2D eigenvalue weighted by atomic mass is 10.1. The molecular formula is C16H12IN3O2. The third kappa shape index (κ3) is 3.01. The van der Waals surface area contributed by atoms with Gasteiger partial charge in [0.2, 0.25) is 5.88 Å². The van der Waals surface area contributed by atoms with Gasteiger partial charge in [0.25, 0.3) is 0 Å². The average molecular weight is 405 g/mol. The molecule has 0 unspecified atom stereocenters. The number of Topliss-reactive ketones (excluding diaryl/α,β-unsaturated/α-hetero) is 1. The highest BCUT2D eigenvalue weighted by Crippen LogP contribution is 2.28. The number of carbonyl (C=O) groups excluding carboxylic acids is 1. The van der Waals surface area contributed by atoms with Crippen LogP contribution in [0.4, 0.5) is 0 Å². The second kappa shape index (κ2) is 6.27. The van der Waals surface area contributed by atoms with Crippen molar-refractivity contribution in [1.29, 1.82) is 0 Å². The highest BCUT2D eigenvalue weighted by Gasteiger charge is 2.15. The average Bonchev–Trinajstić information content (AvgIpc) is 2.91. The van der Waals surface area contributed by atoms with Crippen LogP contribution in [-0.2, 0) is 0 Å². The van der Waals surface area contributed by atoms with E-state index in [1.807, 2.05) is 36.4 Å². The number of rotatable bonds is 4. The second-order valence-electron chi connectivity index (χ2n) is 4.61. The van der Waals surface area contributed by atoms with Crippen molar-refractivity contribution in [3.05, 3.63) is 57.9 Å². The largest absolute Gasteiger partial charge is 0.439 e. The van der Waals surface area contributed by atoms with Crippen LogP contribution in [0, 0.1) is 3.57 Å². The van der Waals surface area contributed by atoms with Gasteiger partial charge in [-0.1, -0.05) is 6.07 Å². The Balaban J connectivity index is 1.84. The number of nitrogens with one attached hydrogen (secondary N) is 1. The van der Waals surface area contributed by atoms with Gasteiger partial charge in [-0.3, -0.25) is 9.89 Å². The van der Waals surface area contributed by atoms with Crippen molar-refractivity contribution in [3.8, 4) is 22.9 Å². The normalized spacial score (nSPS) is 10.5. The summed E-state index contributed by atoms with van der Waals surface area (Å²) in [6.45, 7) is 1.52. The predicted molar refractivity (Wildman–Crippen MR) is 91.1 cm³/mol. The molecule has 0 atom stereocenters. The zero-order valence-corrected chi connectivity index (χ0v) is 13.9. The van der Waals surface area contributed by atoms with Gasteiger partial charge in [-0.2, -0.15) is 5.10 Å². The van der Waals surface area contributed by atoms with Gasteiger partial charge in [-0.05, 0) is 52.9 Å². The number of hydrogen-bond donors (Lipinski definition) is 1. The first-order valence-electron chi connectivity index (χ1n) is 6.59. The molecule has 0 amide bonds. The van der Waals surface area contributed by atoms with E-state index in [0.29, 0.717) is 17.3 Å². The summed E-state index contributed by atoms with van der Waals surface area (Å²) in [6, 6.07) is 13.0. The van der Waals surface area contributed by atoms with Crippen molar-refractivity contribution >= 4 is 28.4 Å². The Morgan fingerprint density at radius 3 is 2.55 bits per heavy atom. The van der Waals surface area contributed by atoms with Gasteiger partial charge >= 0.3 is 0 Å². The van der Waals surface area contributed by atoms with Crippen molar-refractivity contribution < 1.29 is 9.53 Å². The lowest BCUT2D eigenvalue weighted by Crippen LogP contribution is -1.94. The number of aromatic nitrogens is 3. The Bertz CT molecular complexity index is 798. The van der Waals surface area contributed by atoms with E-state index in [1.165, 1.54) is 6.92 Å². The maximum absolute atomic E-state index is 11.5. The van der Waals surface area contributed by atoms with Crippen LogP contribution in [0.25, 0.3) is 11.3 Å². The summed E-state index contributed by atoms with van der Waals surface area (Å²) in [5.41, 5.74) is 2.21.